The molecule has 0 bridgehead atoms. The summed E-state index contributed by atoms with van der Waals surface area (Å²) in [6.07, 6.45) is 8.52. The summed E-state index contributed by atoms with van der Waals surface area (Å²) in [5, 5.41) is 9.42. The lowest BCUT2D eigenvalue weighted by molar-refractivity contribution is -0.170. The van der Waals surface area contributed by atoms with Crippen LogP contribution in [-0.2, 0) is 14.3 Å². The molecule has 0 aromatic heterocycles. The van der Waals surface area contributed by atoms with E-state index in [9.17, 15) is 9.90 Å². The molecule has 1 amide bonds. The molecule has 3 rings (SSSR count). The van der Waals surface area contributed by atoms with Crippen LogP contribution in [-0.4, -0.2) is 55.6 Å². The zero-order valence-corrected chi connectivity index (χ0v) is 19.1. The fourth-order valence-corrected chi connectivity index (χ4v) is 4.77. The van der Waals surface area contributed by atoms with E-state index in [1.54, 1.807) is 7.11 Å². The quantitative estimate of drug-likeness (QED) is 0.634. The molecule has 1 saturated carbocycles. The van der Waals surface area contributed by atoms with E-state index in [2.05, 4.69) is 0 Å². The third kappa shape index (κ3) is 5.80. The van der Waals surface area contributed by atoms with Crippen LogP contribution < -0.4 is 4.74 Å². The lowest BCUT2D eigenvalue weighted by atomic mass is 9.80. The number of aliphatic hydroxyl groups is 1. The molecule has 1 aromatic rings. The molecule has 6 nitrogen and oxygen atoms in total. The van der Waals surface area contributed by atoms with Gasteiger partial charge in [0, 0.05) is 38.1 Å². The van der Waals surface area contributed by atoms with E-state index < -0.39 is 6.29 Å². The zero-order valence-electron chi connectivity index (χ0n) is 19.1. The largest absolute Gasteiger partial charge is 0.497 e. The number of hydrogen-bond donors (Lipinski definition) is 1. The van der Waals surface area contributed by atoms with Gasteiger partial charge in [-0.05, 0) is 56.4 Å². The lowest BCUT2D eigenvalue weighted by Crippen LogP contribution is -2.43. The number of ether oxygens (including phenoxy) is 3. The third-order valence-electron chi connectivity index (χ3n) is 6.57. The van der Waals surface area contributed by atoms with E-state index in [4.69, 9.17) is 14.2 Å². The highest BCUT2D eigenvalue weighted by Gasteiger charge is 2.39. The van der Waals surface area contributed by atoms with Crippen LogP contribution >= 0.6 is 0 Å². The van der Waals surface area contributed by atoms with Gasteiger partial charge in [0.15, 0.2) is 5.76 Å². The minimum atomic E-state index is -0.521. The van der Waals surface area contributed by atoms with Crippen molar-refractivity contribution in [3.8, 4) is 5.75 Å². The Hall–Kier alpha value is -2.05. The minimum Gasteiger partial charge on any atom is -0.497 e. The fraction of sp³-hybridized carbons (Fsp3) is 0.640. The van der Waals surface area contributed by atoms with Gasteiger partial charge in [0.05, 0.1) is 7.11 Å². The van der Waals surface area contributed by atoms with Crippen molar-refractivity contribution in [3.05, 3.63) is 41.7 Å². The summed E-state index contributed by atoms with van der Waals surface area (Å²) >= 11 is 0. The number of methoxy groups -OCH3 is 1. The van der Waals surface area contributed by atoms with Gasteiger partial charge in [-0.15, -0.1) is 0 Å². The van der Waals surface area contributed by atoms with Gasteiger partial charge < -0.3 is 24.2 Å². The van der Waals surface area contributed by atoms with E-state index in [-0.39, 0.29) is 30.4 Å². The highest BCUT2D eigenvalue weighted by Crippen LogP contribution is 2.40. The number of amides is 1. The Morgan fingerprint density at radius 3 is 2.52 bits per heavy atom. The van der Waals surface area contributed by atoms with Crippen LogP contribution in [0.1, 0.15) is 63.4 Å². The van der Waals surface area contributed by atoms with Crippen molar-refractivity contribution in [1.29, 1.82) is 0 Å². The third-order valence-corrected chi connectivity index (χ3v) is 6.57. The van der Waals surface area contributed by atoms with Crippen LogP contribution in [0.25, 0.3) is 0 Å². The van der Waals surface area contributed by atoms with Crippen molar-refractivity contribution < 1.29 is 24.1 Å². The van der Waals surface area contributed by atoms with Gasteiger partial charge in [0.25, 0.3) is 5.91 Å². The van der Waals surface area contributed by atoms with E-state index in [1.807, 2.05) is 49.2 Å². The summed E-state index contributed by atoms with van der Waals surface area (Å²) < 4.78 is 17.4. The summed E-state index contributed by atoms with van der Waals surface area (Å²) in [5.74, 6) is 1.06. The fourth-order valence-electron chi connectivity index (χ4n) is 4.77. The first-order valence-electron chi connectivity index (χ1n) is 11.6. The molecule has 1 aliphatic carbocycles. The molecule has 1 fully saturated rings. The summed E-state index contributed by atoms with van der Waals surface area (Å²) in [5.41, 5.74) is 1.09. The molecular formula is C25H37NO5. The molecule has 1 N–H and O–H groups in total. The molecule has 172 valence electrons. The van der Waals surface area contributed by atoms with Crippen LogP contribution in [0.3, 0.4) is 0 Å². The number of benzene rings is 1. The first kappa shape index (κ1) is 23.6. The van der Waals surface area contributed by atoms with Gasteiger partial charge in [-0.25, -0.2) is 0 Å². The number of aliphatic hydroxyl groups excluding tert-OH is 1. The Bertz CT molecular complexity index is 726. The molecule has 1 heterocycles. The average Bonchev–Trinajstić information content (AvgIpc) is 2.82. The van der Waals surface area contributed by atoms with Gasteiger partial charge in [-0.2, -0.15) is 0 Å². The van der Waals surface area contributed by atoms with Crippen molar-refractivity contribution >= 4 is 5.91 Å². The number of likely N-dealkylation sites (N-methyl/N-ethyl adjacent to an activating group) is 1. The molecule has 2 aliphatic rings. The van der Waals surface area contributed by atoms with Gasteiger partial charge in [-0.3, -0.25) is 4.79 Å². The number of rotatable bonds is 9. The Balaban J connectivity index is 1.91. The maximum absolute atomic E-state index is 13.4. The zero-order chi connectivity index (χ0) is 22.2. The Labute approximate surface area is 186 Å². The highest BCUT2D eigenvalue weighted by atomic mass is 16.7. The molecule has 0 saturated heterocycles. The second-order valence-electron chi connectivity index (χ2n) is 8.51. The standard InChI is InChI=1S/C25H37NO5/c1-4-30-25-21(11-8-16-27)22(18-12-14-20(29-3)15-13-18)17-23(31-25)24(28)26(2)19-9-6-5-7-10-19/h12-15,17,19,21-22,25,27H,4-11,16H2,1-3H3/t21-,22+,25+/m1/s1. The normalized spacial score (nSPS) is 24.3. The molecule has 31 heavy (non-hydrogen) atoms. The van der Waals surface area contributed by atoms with Crippen LogP contribution in [0.5, 0.6) is 5.75 Å². The Morgan fingerprint density at radius 2 is 1.90 bits per heavy atom. The number of hydrogen-bond acceptors (Lipinski definition) is 5. The molecule has 0 unspecified atom stereocenters. The number of allylic oxidation sites excluding steroid dienone is 1. The van der Waals surface area contributed by atoms with Crippen molar-refractivity contribution in [2.24, 2.45) is 5.92 Å². The first-order chi connectivity index (χ1) is 15.1. The Morgan fingerprint density at radius 1 is 1.19 bits per heavy atom. The average molecular weight is 432 g/mol. The number of nitrogens with zero attached hydrogens (tertiary/aromatic N) is 1. The van der Waals surface area contributed by atoms with Crippen LogP contribution in [0, 0.1) is 5.92 Å². The maximum Gasteiger partial charge on any atom is 0.288 e. The smallest absolute Gasteiger partial charge is 0.288 e. The maximum atomic E-state index is 13.4. The SMILES string of the molecule is CCO[C@H]1OC(C(=O)N(C)C2CCCCC2)=C[C@@H](c2ccc(OC)cc2)[C@H]1CCCO. The van der Waals surface area contributed by atoms with E-state index in [0.29, 0.717) is 18.8 Å². The van der Waals surface area contributed by atoms with E-state index in [0.717, 1.165) is 30.6 Å². The monoisotopic (exact) mass is 431 g/mol. The molecule has 0 spiro atoms. The van der Waals surface area contributed by atoms with Gasteiger partial charge in [0.1, 0.15) is 5.75 Å². The lowest BCUT2D eigenvalue weighted by Gasteiger charge is -2.39. The van der Waals surface area contributed by atoms with Gasteiger partial charge in [-0.1, -0.05) is 31.4 Å². The van der Waals surface area contributed by atoms with Crippen molar-refractivity contribution in [2.75, 3.05) is 27.4 Å². The topological polar surface area (TPSA) is 68.2 Å². The number of carbonyl (C=O) groups is 1. The van der Waals surface area contributed by atoms with Gasteiger partial charge in [0.2, 0.25) is 6.29 Å². The first-order valence-corrected chi connectivity index (χ1v) is 11.6. The summed E-state index contributed by atoms with van der Waals surface area (Å²) in [4.78, 5) is 15.2. The Kier molecular flexibility index (Phi) is 8.79. The second kappa shape index (κ2) is 11.5. The minimum absolute atomic E-state index is 0.0111. The molecule has 6 heteroatoms. The van der Waals surface area contributed by atoms with Crippen molar-refractivity contribution in [1.82, 2.24) is 4.90 Å². The van der Waals surface area contributed by atoms with E-state index >= 15 is 0 Å². The van der Waals surface area contributed by atoms with Crippen LogP contribution in [0.2, 0.25) is 0 Å². The summed E-state index contributed by atoms with van der Waals surface area (Å²) in [6, 6.07) is 8.21. The molecule has 1 aliphatic heterocycles. The summed E-state index contributed by atoms with van der Waals surface area (Å²) in [6.45, 7) is 2.54. The van der Waals surface area contributed by atoms with Crippen molar-refractivity contribution in [3.63, 3.8) is 0 Å². The van der Waals surface area contributed by atoms with Crippen LogP contribution in [0.15, 0.2) is 36.1 Å². The molecule has 1 aromatic carbocycles. The predicted molar refractivity (Wildman–Crippen MR) is 120 cm³/mol. The number of carbonyl (C=O) groups excluding carboxylic acids is 1. The van der Waals surface area contributed by atoms with Crippen LogP contribution in [0.4, 0.5) is 0 Å². The predicted octanol–water partition coefficient (Wildman–Crippen LogP) is 4.24. The molecule has 3 atom stereocenters. The van der Waals surface area contributed by atoms with Gasteiger partial charge >= 0.3 is 0 Å². The van der Waals surface area contributed by atoms with Crippen molar-refractivity contribution in [2.45, 2.75) is 70.1 Å². The molecule has 0 radical (unpaired) electrons. The summed E-state index contributed by atoms with van der Waals surface area (Å²) in [7, 11) is 3.54. The van der Waals surface area contributed by atoms with E-state index in [1.165, 1.54) is 19.3 Å². The highest BCUT2D eigenvalue weighted by molar-refractivity contribution is 5.91. The second-order valence-corrected chi connectivity index (χ2v) is 8.51. The molecular weight excluding hydrogens is 394 g/mol.